The van der Waals surface area contributed by atoms with Crippen molar-refractivity contribution in [3.05, 3.63) is 53.2 Å². The number of carbonyl (C=O) groups excluding carboxylic acids is 1. The average molecular weight is 325 g/mol. The first kappa shape index (κ1) is 15.9. The molecule has 0 saturated carbocycles. The summed E-state index contributed by atoms with van der Waals surface area (Å²) in [6.07, 6.45) is 0. The van der Waals surface area contributed by atoms with Gasteiger partial charge in [0.1, 0.15) is 0 Å². The zero-order valence-electron chi connectivity index (χ0n) is 14.1. The largest absolute Gasteiger partial charge is 0.493 e. The fraction of sp³-hybridized carbons (Fsp3) is 0.211. The van der Waals surface area contributed by atoms with Gasteiger partial charge in [0.05, 0.1) is 32.5 Å². The third kappa shape index (κ3) is 2.58. The van der Waals surface area contributed by atoms with Gasteiger partial charge in [0, 0.05) is 17.0 Å². The topological polar surface area (TPSA) is 60.6 Å². The Bertz CT molecular complexity index is 894. The molecule has 0 saturated heterocycles. The molecule has 0 spiro atoms. The van der Waals surface area contributed by atoms with E-state index in [0.717, 1.165) is 16.5 Å². The molecule has 0 radical (unpaired) electrons. The zero-order valence-corrected chi connectivity index (χ0v) is 14.1. The number of aryl methyl sites for hydroxylation is 1. The minimum atomic E-state index is -0.0776. The summed E-state index contributed by atoms with van der Waals surface area (Å²) in [7, 11) is 4.67. The molecular formula is C19H19NO4. The first-order valence-corrected chi connectivity index (χ1v) is 7.52. The first-order chi connectivity index (χ1) is 11.6. The van der Waals surface area contributed by atoms with Gasteiger partial charge in [0.25, 0.3) is 0 Å². The van der Waals surface area contributed by atoms with Gasteiger partial charge in [-0.2, -0.15) is 0 Å². The van der Waals surface area contributed by atoms with Crippen LogP contribution in [0.1, 0.15) is 21.6 Å². The third-order valence-electron chi connectivity index (χ3n) is 3.98. The Morgan fingerprint density at radius 2 is 1.58 bits per heavy atom. The lowest BCUT2D eigenvalue weighted by atomic mass is 10.1. The summed E-state index contributed by atoms with van der Waals surface area (Å²) in [6, 6.07) is 11.1. The van der Waals surface area contributed by atoms with Crippen molar-refractivity contribution in [2.24, 2.45) is 0 Å². The Kier molecular flexibility index (Phi) is 4.16. The molecule has 24 heavy (non-hydrogen) atoms. The van der Waals surface area contributed by atoms with Crippen LogP contribution in [-0.2, 0) is 0 Å². The molecule has 0 aliphatic heterocycles. The predicted molar refractivity (Wildman–Crippen MR) is 92.6 cm³/mol. The number of ether oxygens (including phenoxy) is 3. The molecule has 1 aromatic heterocycles. The number of ketones is 1. The van der Waals surface area contributed by atoms with Gasteiger partial charge in [-0.3, -0.25) is 4.79 Å². The highest BCUT2D eigenvalue weighted by atomic mass is 16.5. The van der Waals surface area contributed by atoms with Gasteiger partial charge in [0.2, 0.25) is 11.5 Å². The number of hydrogen-bond donors (Lipinski definition) is 1. The number of rotatable bonds is 5. The fourth-order valence-corrected chi connectivity index (χ4v) is 2.73. The Morgan fingerprint density at radius 1 is 0.917 bits per heavy atom. The van der Waals surface area contributed by atoms with Crippen LogP contribution in [0.4, 0.5) is 0 Å². The van der Waals surface area contributed by atoms with Crippen LogP contribution in [-0.4, -0.2) is 32.1 Å². The molecule has 0 aliphatic carbocycles. The molecule has 0 fully saturated rings. The smallest absolute Gasteiger partial charge is 0.209 e. The maximum Gasteiger partial charge on any atom is 0.209 e. The molecule has 124 valence electrons. The van der Waals surface area contributed by atoms with E-state index in [0.29, 0.717) is 28.5 Å². The number of aromatic amines is 1. The van der Waals surface area contributed by atoms with Gasteiger partial charge >= 0.3 is 0 Å². The van der Waals surface area contributed by atoms with E-state index >= 15 is 0 Å². The summed E-state index contributed by atoms with van der Waals surface area (Å²) in [6.45, 7) is 1.99. The highest BCUT2D eigenvalue weighted by Gasteiger charge is 2.20. The summed E-state index contributed by atoms with van der Waals surface area (Å²) < 4.78 is 16.2. The van der Waals surface area contributed by atoms with Gasteiger partial charge in [-0.25, -0.2) is 0 Å². The van der Waals surface area contributed by atoms with Crippen LogP contribution in [0, 0.1) is 6.92 Å². The van der Waals surface area contributed by atoms with E-state index < -0.39 is 0 Å². The van der Waals surface area contributed by atoms with Crippen LogP contribution >= 0.6 is 0 Å². The maximum absolute atomic E-state index is 12.7. The normalized spacial score (nSPS) is 10.7. The minimum absolute atomic E-state index is 0.0776. The number of methoxy groups -OCH3 is 3. The second-order valence-corrected chi connectivity index (χ2v) is 5.48. The van der Waals surface area contributed by atoms with Crippen molar-refractivity contribution in [3.63, 3.8) is 0 Å². The molecule has 5 nitrogen and oxygen atoms in total. The van der Waals surface area contributed by atoms with E-state index in [1.54, 1.807) is 33.5 Å². The second-order valence-electron chi connectivity index (χ2n) is 5.48. The van der Waals surface area contributed by atoms with Gasteiger partial charge in [0.15, 0.2) is 11.5 Å². The number of H-pyrrole nitrogens is 1. The Balaban J connectivity index is 2.14. The SMILES string of the molecule is COc1cc2[nH]c(C(=O)c3ccc(C)cc3)cc2c(OC)c1OC. The molecule has 3 rings (SSSR count). The number of fused-ring (bicyclic) bond motifs is 1. The predicted octanol–water partition coefficient (Wildman–Crippen LogP) is 3.73. The van der Waals surface area contributed by atoms with Gasteiger partial charge in [-0.1, -0.05) is 29.8 Å². The average Bonchev–Trinajstić information content (AvgIpc) is 3.03. The molecule has 0 aliphatic rings. The molecule has 0 bridgehead atoms. The van der Waals surface area contributed by atoms with Crippen LogP contribution in [0.25, 0.3) is 10.9 Å². The molecule has 2 aromatic carbocycles. The van der Waals surface area contributed by atoms with Gasteiger partial charge in [-0.15, -0.1) is 0 Å². The lowest BCUT2D eigenvalue weighted by Crippen LogP contribution is -2.01. The molecule has 1 N–H and O–H groups in total. The molecule has 0 unspecified atom stereocenters. The quantitative estimate of drug-likeness (QED) is 0.726. The van der Waals surface area contributed by atoms with Crippen molar-refractivity contribution in [3.8, 4) is 17.2 Å². The van der Waals surface area contributed by atoms with E-state index in [-0.39, 0.29) is 5.78 Å². The monoisotopic (exact) mass is 325 g/mol. The van der Waals surface area contributed by atoms with Crippen LogP contribution in [0.5, 0.6) is 17.2 Å². The van der Waals surface area contributed by atoms with Crippen LogP contribution < -0.4 is 14.2 Å². The number of aromatic nitrogens is 1. The number of carbonyl (C=O) groups is 1. The number of hydrogen-bond acceptors (Lipinski definition) is 4. The minimum Gasteiger partial charge on any atom is -0.493 e. The van der Waals surface area contributed by atoms with E-state index in [1.807, 2.05) is 31.2 Å². The van der Waals surface area contributed by atoms with Crippen molar-refractivity contribution in [1.29, 1.82) is 0 Å². The first-order valence-electron chi connectivity index (χ1n) is 7.52. The van der Waals surface area contributed by atoms with Crippen molar-refractivity contribution < 1.29 is 19.0 Å². The standard InChI is InChI=1S/C19H19NO4/c1-11-5-7-12(8-6-11)17(21)15-9-13-14(20-15)10-16(22-2)19(24-4)18(13)23-3/h5-10,20H,1-4H3. The zero-order chi connectivity index (χ0) is 17.3. The molecular weight excluding hydrogens is 306 g/mol. The van der Waals surface area contributed by atoms with E-state index in [9.17, 15) is 4.79 Å². The van der Waals surface area contributed by atoms with E-state index in [1.165, 1.54) is 0 Å². The molecule has 0 atom stereocenters. The van der Waals surface area contributed by atoms with Crippen molar-refractivity contribution in [2.75, 3.05) is 21.3 Å². The molecule has 0 amide bonds. The van der Waals surface area contributed by atoms with Crippen molar-refractivity contribution in [2.45, 2.75) is 6.92 Å². The molecule has 3 aromatic rings. The lowest BCUT2D eigenvalue weighted by molar-refractivity contribution is 0.103. The summed E-state index contributed by atoms with van der Waals surface area (Å²) >= 11 is 0. The Labute approximate surface area is 140 Å². The van der Waals surface area contributed by atoms with Crippen LogP contribution in [0.3, 0.4) is 0 Å². The van der Waals surface area contributed by atoms with E-state index in [2.05, 4.69) is 4.98 Å². The van der Waals surface area contributed by atoms with Gasteiger partial charge < -0.3 is 19.2 Å². The number of benzene rings is 2. The van der Waals surface area contributed by atoms with Crippen LogP contribution in [0.2, 0.25) is 0 Å². The number of nitrogens with one attached hydrogen (secondary N) is 1. The van der Waals surface area contributed by atoms with Crippen LogP contribution in [0.15, 0.2) is 36.4 Å². The third-order valence-corrected chi connectivity index (χ3v) is 3.98. The fourth-order valence-electron chi connectivity index (χ4n) is 2.73. The van der Waals surface area contributed by atoms with E-state index in [4.69, 9.17) is 14.2 Å². The van der Waals surface area contributed by atoms with Crippen molar-refractivity contribution >= 4 is 16.7 Å². The summed E-state index contributed by atoms with van der Waals surface area (Å²) in [5, 5.41) is 0.769. The Morgan fingerprint density at radius 3 is 2.17 bits per heavy atom. The summed E-state index contributed by atoms with van der Waals surface area (Å²) in [4.78, 5) is 15.8. The highest BCUT2D eigenvalue weighted by Crippen LogP contribution is 2.43. The second kappa shape index (κ2) is 6.28. The summed E-state index contributed by atoms with van der Waals surface area (Å²) in [5.74, 6) is 1.50. The highest BCUT2D eigenvalue weighted by molar-refractivity contribution is 6.11. The molecule has 1 heterocycles. The van der Waals surface area contributed by atoms with Crippen molar-refractivity contribution in [1.82, 2.24) is 4.98 Å². The lowest BCUT2D eigenvalue weighted by Gasteiger charge is -2.12. The maximum atomic E-state index is 12.7. The van der Waals surface area contributed by atoms with Gasteiger partial charge in [-0.05, 0) is 13.0 Å². The molecule has 5 heteroatoms. The summed E-state index contributed by atoms with van der Waals surface area (Å²) in [5.41, 5.74) is 2.98. The Hall–Kier alpha value is -2.95.